The van der Waals surface area contributed by atoms with Gasteiger partial charge in [-0.3, -0.25) is 9.78 Å². The fourth-order valence-electron chi connectivity index (χ4n) is 1.82. The molecule has 0 fully saturated rings. The number of amides is 1. The number of carbonyl (C=O) groups excluding carboxylic acids is 1. The molecule has 0 aliphatic carbocycles. The molecule has 1 aromatic rings. The van der Waals surface area contributed by atoms with Crippen LogP contribution in [-0.4, -0.2) is 42.5 Å². The highest BCUT2D eigenvalue weighted by Gasteiger charge is 2.18. The van der Waals surface area contributed by atoms with Gasteiger partial charge in [-0.2, -0.15) is 0 Å². The maximum absolute atomic E-state index is 11.9. The summed E-state index contributed by atoms with van der Waals surface area (Å²) in [5.74, 6) is 0.611. The minimum atomic E-state index is -0.514. The Balaban J connectivity index is 2.80. The molecule has 20 heavy (non-hydrogen) atoms. The third-order valence-corrected chi connectivity index (χ3v) is 2.88. The lowest BCUT2D eigenvalue weighted by Gasteiger charge is -2.20. The maximum Gasteiger partial charge on any atom is 0.262 e. The Bertz CT molecular complexity index is 447. The molecule has 1 amide bonds. The molecule has 0 aliphatic rings. The second-order valence-corrected chi connectivity index (χ2v) is 5.07. The molecule has 0 saturated heterocycles. The van der Waals surface area contributed by atoms with Gasteiger partial charge in [-0.25, -0.2) is 0 Å². The van der Waals surface area contributed by atoms with Crippen LogP contribution in [0.1, 0.15) is 31.7 Å². The molecule has 0 aromatic carbocycles. The van der Waals surface area contributed by atoms with E-state index in [0.29, 0.717) is 12.3 Å². The van der Waals surface area contributed by atoms with Crippen molar-refractivity contribution in [2.24, 2.45) is 0 Å². The zero-order chi connectivity index (χ0) is 15.1. The Hall–Kier alpha value is -1.62. The second kappa shape index (κ2) is 7.85. The van der Waals surface area contributed by atoms with Crippen LogP contribution in [0.3, 0.4) is 0 Å². The van der Waals surface area contributed by atoms with Gasteiger partial charge in [0.1, 0.15) is 5.75 Å². The fourth-order valence-corrected chi connectivity index (χ4v) is 1.82. The van der Waals surface area contributed by atoms with E-state index in [9.17, 15) is 4.79 Å². The molecule has 1 unspecified atom stereocenters. The lowest BCUT2D eigenvalue weighted by atomic mass is 10.2. The largest absolute Gasteiger partial charge is 0.479 e. The molecule has 0 radical (unpaired) electrons. The van der Waals surface area contributed by atoms with Crippen LogP contribution in [0.25, 0.3) is 0 Å². The summed E-state index contributed by atoms with van der Waals surface area (Å²) in [6, 6.07) is 3.77. The number of ether oxygens (including phenoxy) is 1. The minimum Gasteiger partial charge on any atom is -0.479 e. The van der Waals surface area contributed by atoms with E-state index >= 15 is 0 Å². The Morgan fingerprint density at radius 2 is 2.15 bits per heavy atom. The first kappa shape index (κ1) is 16.4. The number of aromatic nitrogens is 1. The molecule has 1 heterocycles. The highest BCUT2D eigenvalue weighted by Crippen LogP contribution is 2.18. The van der Waals surface area contributed by atoms with Gasteiger partial charge in [0.25, 0.3) is 5.91 Å². The number of aryl methyl sites for hydroxylation is 1. The zero-order valence-electron chi connectivity index (χ0n) is 13.1. The first-order valence-electron chi connectivity index (χ1n) is 7.00. The van der Waals surface area contributed by atoms with E-state index in [2.05, 4.69) is 17.2 Å². The van der Waals surface area contributed by atoms with Crippen LogP contribution in [0.15, 0.2) is 12.1 Å². The Morgan fingerprint density at radius 3 is 2.75 bits per heavy atom. The SMILES string of the molecule is CCCNCc1nc(C)ccc1OC(C)C(=O)N(C)C. The molecular formula is C15H25N3O2. The third kappa shape index (κ3) is 4.81. The van der Waals surface area contributed by atoms with Crippen LogP contribution in [0.5, 0.6) is 5.75 Å². The minimum absolute atomic E-state index is 0.0574. The van der Waals surface area contributed by atoms with Gasteiger partial charge in [0.05, 0.1) is 5.69 Å². The first-order chi connectivity index (χ1) is 9.45. The topological polar surface area (TPSA) is 54.5 Å². The Morgan fingerprint density at radius 1 is 1.45 bits per heavy atom. The van der Waals surface area contributed by atoms with Gasteiger partial charge >= 0.3 is 0 Å². The first-order valence-corrected chi connectivity index (χ1v) is 7.00. The van der Waals surface area contributed by atoms with E-state index in [0.717, 1.165) is 24.4 Å². The summed E-state index contributed by atoms with van der Waals surface area (Å²) in [7, 11) is 3.44. The molecule has 112 valence electrons. The average Bonchev–Trinajstić information content (AvgIpc) is 2.40. The average molecular weight is 279 g/mol. The predicted molar refractivity (Wildman–Crippen MR) is 79.8 cm³/mol. The highest BCUT2D eigenvalue weighted by atomic mass is 16.5. The summed E-state index contributed by atoms with van der Waals surface area (Å²) < 4.78 is 5.76. The fraction of sp³-hybridized carbons (Fsp3) is 0.600. The lowest BCUT2D eigenvalue weighted by molar-refractivity contribution is -0.135. The summed E-state index contributed by atoms with van der Waals surface area (Å²) in [6.45, 7) is 7.40. The molecule has 5 nitrogen and oxygen atoms in total. The standard InChI is InChI=1S/C15H25N3O2/c1-6-9-16-10-13-14(8-7-11(2)17-13)20-12(3)15(19)18(4)5/h7-8,12,16H,6,9-10H2,1-5H3. The summed E-state index contributed by atoms with van der Waals surface area (Å²) in [5.41, 5.74) is 1.79. The van der Waals surface area contributed by atoms with Gasteiger partial charge in [-0.1, -0.05) is 6.92 Å². The van der Waals surface area contributed by atoms with Crippen molar-refractivity contribution in [2.45, 2.75) is 39.8 Å². The summed E-state index contributed by atoms with van der Waals surface area (Å²) in [5, 5.41) is 3.31. The van der Waals surface area contributed by atoms with Gasteiger partial charge in [0, 0.05) is 26.3 Å². The van der Waals surface area contributed by atoms with Crippen LogP contribution in [0, 0.1) is 6.92 Å². The molecule has 1 N–H and O–H groups in total. The number of rotatable bonds is 7. The van der Waals surface area contributed by atoms with E-state index in [4.69, 9.17) is 4.74 Å². The Labute approximate surface area is 121 Å². The molecule has 0 saturated carbocycles. The Kier molecular flexibility index (Phi) is 6.45. The quantitative estimate of drug-likeness (QED) is 0.773. The van der Waals surface area contributed by atoms with Gasteiger partial charge in [0.2, 0.25) is 0 Å². The van der Waals surface area contributed by atoms with Crippen LogP contribution in [0.2, 0.25) is 0 Å². The van der Waals surface area contributed by atoms with Crippen molar-refractivity contribution in [2.75, 3.05) is 20.6 Å². The lowest BCUT2D eigenvalue weighted by Crippen LogP contribution is -2.35. The van der Waals surface area contributed by atoms with Crippen molar-refractivity contribution >= 4 is 5.91 Å². The number of pyridine rings is 1. The molecule has 1 atom stereocenters. The number of likely N-dealkylation sites (N-methyl/N-ethyl adjacent to an activating group) is 1. The van der Waals surface area contributed by atoms with Gasteiger partial charge in [0.15, 0.2) is 6.10 Å². The molecule has 1 aromatic heterocycles. The van der Waals surface area contributed by atoms with Crippen molar-refractivity contribution in [1.29, 1.82) is 0 Å². The number of carbonyl (C=O) groups is 1. The van der Waals surface area contributed by atoms with Crippen molar-refractivity contribution in [3.8, 4) is 5.75 Å². The van der Waals surface area contributed by atoms with E-state index in [1.165, 1.54) is 4.90 Å². The molecule has 5 heteroatoms. The molecule has 0 aliphatic heterocycles. The van der Waals surface area contributed by atoms with Crippen LogP contribution >= 0.6 is 0 Å². The number of hydrogen-bond acceptors (Lipinski definition) is 4. The molecule has 0 spiro atoms. The smallest absolute Gasteiger partial charge is 0.262 e. The van der Waals surface area contributed by atoms with Crippen molar-refractivity contribution in [3.05, 3.63) is 23.5 Å². The second-order valence-electron chi connectivity index (χ2n) is 5.07. The molecular weight excluding hydrogens is 254 g/mol. The molecule has 1 rings (SSSR count). The summed E-state index contributed by atoms with van der Waals surface area (Å²) >= 11 is 0. The van der Waals surface area contributed by atoms with E-state index in [-0.39, 0.29) is 5.91 Å². The third-order valence-electron chi connectivity index (χ3n) is 2.88. The van der Waals surface area contributed by atoms with Crippen molar-refractivity contribution in [1.82, 2.24) is 15.2 Å². The van der Waals surface area contributed by atoms with Crippen LogP contribution in [0.4, 0.5) is 0 Å². The van der Waals surface area contributed by atoms with E-state index in [1.807, 2.05) is 19.1 Å². The predicted octanol–water partition coefficient (Wildman–Crippen LogP) is 1.75. The number of nitrogens with zero attached hydrogens (tertiary/aromatic N) is 2. The van der Waals surface area contributed by atoms with Gasteiger partial charge < -0.3 is 15.0 Å². The maximum atomic E-state index is 11.9. The molecule has 0 bridgehead atoms. The monoisotopic (exact) mass is 279 g/mol. The highest BCUT2D eigenvalue weighted by molar-refractivity contribution is 5.80. The van der Waals surface area contributed by atoms with Crippen molar-refractivity contribution in [3.63, 3.8) is 0 Å². The van der Waals surface area contributed by atoms with Crippen LogP contribution < -0.4 is 10.1 Å². The van der Waals surface area contributed by atoms with Crippen molar-refractivity contribution < 1.29 is 9.53 Å². The van der Waals surface area contributed by atoms with Crippen LogP contribution in [-0.2, 0) is 11.3 Å². The number of hydrogen-bond donors (Lipinski definition) is 1. The van der Waals surface area contributed by atoms with E-state index < -0.39 is 6.10 Å². The number of nitrogens with one attached hydrogen (secondary N) is 1. The zero-order valence-corrected chi connectivity index (χ0v) is 13.1. The van der Waals surface area contributed by atoms with Gasteiger partial charge in [-0.15, -0.1) is 0 Å². The summed E-state index contributed by atoms with van der Waals surface area (Å²) in [4.78, 5) is 17.9. The van der Waals surface area contributed by atoms with Gasteiger partial charge in [-0.05, 0) is 38.9 Å². The summed E-state index contributed by atoms with van der Waals surface area (Å²) in [6.07, 6.45) is 0.553. The normalized spacial score (nSPS) is 12.1. The van der Waals surface area contributed by atoms with E-state index in [1.54, 1.807) is 21.0 Å².